The fourth-order valence-electron chi connectivity index (χ4n) is 3.03. The summed E-state index contributed by atoms with van der Waals surface area (Å²) in [7, 11) is 0. The molecule has 0 aliphatic rings. The number of aromatic amines is 1. The highest BCUT2D eigenvalue weighted by atomic mass is 32.1. The molecule has 0 aliphatic carbocycles. The van der Waals surface area contributed by atoms with Crippen molar-refractivity contribution in [1.29, 1.82) is 0 Å². The number of alkyl halides is 6. The maximum Gasteiger partial charge on any atom is 0.416 e. The average Bonchev–Trinajstić information content (AvgIpc) is 3.14. The largest absolute Gasteiger partial charge is 0.438 e. The van der Waals surface area contributed by atoms with Gasteiger partial charge in [-0.2, -0.15) is 31.4 Å². The van der Waals surface area contributed by atoms with Gasteiger partial charge >= 0.3 is 12.4 Å². The summed E-state index contributed by atoms with van der Waals surface area (Å²) in [6.45, 7) is 0. The molecule has 33 heavy (non-hydrogen) atoms. The molecule has 0 radical (unpaired) electrons. The van der Waals surface area contributed by atoms with Crippen LogP contribution in [-0.2, 0) is 12.4 Å². The maximum absolute atomic E-state index is 13.4. The van der Waals surface area contributed by atoms with Crippen LogP contribution in [0.4, 0.5) is 26.3 Å². The summed E-state index contributed by atoms with van der Waals surface area (Å²) >= 11 is 5.12. The van der Waals surface area contributed by atoms with Crippen LogP contribution in [0.25, 0.3) is 17.1 Å². The molecule has 4 rings (SSSR count). The second-order valence-electron chi connectivity index (χ2n) is 6.72. The van der Waals surface area contributed by atoms with Gasteiger partial charge in [-0.15, -0.1) is 0 Å². The summed E-state index contributed by atoms with van der Waals surface area (Å²) < 4.78 is 86.6. The van der Waals surface area contributed by atoms with Crippen molar-refractivity contribution in [3.63, 3.8) is 0 Å². The molecule has 4 aromatic rings. The van der Waals surface area contributed by atoms with Crippen LogP contribution in [0.2, 0.25) is 0 Å². The minimum atomic E-state index is -5.02. The Morgan fingerprint density at radius 1 is 0.848 bits per heavy atom. The van der Waals surface area contributed by atoms with Crippen molar-refractivity contribution in [3.8, 4) is 28.7 Å². The standard InChI is InChI=1S/C21H12F6N4OS/c22-20(23,24)12-9-13(21(25,26)27)11-14(10-12)31-17(29-30-19(31)33)16-7-4-8-28-18(16)32-15-5-2-1-3-6-15/h1-11H,(H,30,33). The van der Waals surface area contributed by atoms with Gasteiger partial charge in [-0.05, 0) is 54.7 Å². The molecule has 0 fully saturated rings. The van der Waals surface area contributed by atoms with Crippen LogP contribution in [0.3, 0.4) is 0 Å². The summed E-state index contributed by atoms with van der Waals surface area (Å²) in [5.41, 5.74) is -3.23. The van der Waals surface area contributed by atoms with Crippen LogP contribution in [0, 0.1) is 4.77 Å². The highest BCUT2D eigenvalue weighted by molar-refractivity contribution is 7.71. The van der Waals surface area contributed by atoms with E-state index in [2.05, 4.69) is 15.2 Å². The van der Waals surface area contributed by atoms with Crippen molar-refractivity contribution in [2.45, 2.75) is 12.4 Å². The van der Waals surface area contributed by atoms with Crippen LogP contribution in [-0.4, -0.2) is 19.7 Å². The minimum Gasteiger partial charge on any atom is -0.438 e. The Balaban J connectivity index is 1.90. The lowest BCUT2D eigenvalue weighted by molar-refractivity contribution is -0.143. The Kier molecular flexibility index (Phi) is 5.70. The number of nitrogens with zero attached hydrogens (tertiary/aromatic N) is 3. The van der Waals surface area contributed by atoms with Crippen LogP contribution < -0.4 is 4.74 Å². The molecule has 2 heterocycles. The number of para-hydroxylation sites is 1. The second-order valence-corrected chi connectivity index (χ2v) is 7.11. The summed E-state index contributed by atoms with van der Waals surface area (Å²) in [6.07, 6.45) is -8.62. The normalized spacial score (nSPS) is 12.1. The molecule has 5 nitrogen and oxygen atoms in total. The van der Waals surface area contributed by atoms with Gasteiger partial charge in [-0.25, -0.2) is 4.98 Å². The quantitative estimate of drug-likeness (QED) is 0.256. The molecule has 0 aliphatic heterocycles. The van der Waals surface area contributed by atoms with Crippen molar-refractivity contribution < 1.29 is 31.1 Å². The number of ether oxygens (including phenoxy) is 1. The number of hydrogen-bond donors (Lipinski definition) is 1. The van der Waals surface area contributed by atoms with Crippen molar-refractivity contribution in [2.75, 3.05) is 0 Å². The van der Waals surface area contributed by atoms with Crippen LogP contribution >= 0.6 is 12.2 Å². The predicted molar refractivity (Wildman–Crippen MR) is 108 cm³/mol. The van der Waals surface area contributed by atoms with Crippen molar-refractivity contribution in [3.05, 3.63) is 82.8 Å². The van der Waals surface area contributed by atoms with Crippen molar-refractivity contribution in [2.24, 2.45) is 0 Å². The molecular weight excluding hydrogens is 470 g/mol. The number of aromatic nitrogens is 4. The average molecular weight is 482 g/mol. The van der Waals surface area contributed by atoms with Crippen LogP contribution in [0.1, 0.15) is 11.1 Å². The SMILES string of the molecule is FC(F)(F)c1cc(-n2c(-c3cccnc3Oc3ccccc3)n[nH]c2=S)cc(C(F)(F)F)c1. The van der Waals surface area contributed by atoms with E-state index in [1.54, 1.807) is 30.3 Å². The molecule has 1 N–H and O–H groups in total. The molecule has 0 bridgehead atoms. The highest BCUT2D eigenvalue weighted by Crippen LogP contribution is 2.38. The predicted octanol–water partition coefficient (Wildman–Crippen LogP) is 6.82. The van der Waals surface area contributed by atoms with Gasteiger partial charge in [0.15, 0.2) is 10.6 Å². The zero-order valence-electron chi connectivity index (χ0n) is 16.3. The van der Waals surface area contributed by atoms with E-state index < -0.39 is 29.2 Å². The molecule has 12 heteroatoms. The molecule has 0 atom stereocenters. The zero-order chi connectivity index (χ0) is 23.8. The monoisotopic (exact) mass is 482 g/mol. The van der Waals surface area contributed by atoms with E-state index in [9.17, 15) is 26.3 Å². The molecule has 0 unspecified atom stereocenters. The first kappa shape index (κ1) is 22.5. The lowest BCUT2D eigenvalue weighted by Gasteiger charge is -2.16. The lowest BCUT2D eigenvalue weighted by atomic mass is 10.1. The Hall–Kier alpha value is -3.67. The number of pyridine rings is 1. The molecule has 0 saturated carbocycles. The van der Waals surface area contributed by atoms with Gasteiger partial charge < -0.3 is 4.74 Å². The fraction of sp³-hybridized carbons (Fsp3) is 0.0952. The molecule has 0 saturated heterocycles. The van der Waals surface area contributed by atoms with Gasteiger partial charge in [-0.3, -0.25) is 9.67 Å². The number of hydrogen-bond acceptors (Lipinski definition) is 4. The fourth-order valence-corrected chi connectivity index (χ4v) is 3.26. The Morgan fingerprint density at radius 2 is 1.48 bits per heavy atom. The molecular formula is C21H12F6N4OS. The number of H-pyrrole nitrogens is 1. The lowest BCUT2D eigenvalue weighted by Crippen LogP contribution is -2.13. The van der Waals surface area contributed by atoms with Gasteiger partial charge in [0.2, 0.25) is 5.88 Å². The van der Waals surface area contributed by atoms with E-state index in [-0.39, 0.29) is 28.1 Å². The van der Waals surface area contributed by atoms with E-state index in [0.29, 0.717) is 17.9 Å². The number of nitrogens with one attached hydrogen (secondary N) is 1. The summed E-state index contributed by atoms with van der Waals surface area (Å²) in [5.74, 6) is 0.366. The maximum atomic E-state index is 13.4. The Labute approximate surface area is 187 Å². The summed E-state index contributed by atoms with van der Waals surface area (Å²) in [5, 5.41) is 6.42. The first-order chi connectivity index (χ1) is 15.5. The van der Waals surface area contributed by atoms with Gasteiger partial charge in [0.1, 0.15) is 5.75 Å². The highest BCUT2D eigenvalue weighted by Gasteiger charge is 2.37. The minimum absolute atomic E-state index is 0.0296. The van der Waals surface area contributed by atoms with Crippen molar-refractivity contribution >= 4 is 12.2 Å². The number of halogens is 6. The Bertz CT molecular complexity index is 1310. The third-order valence-corrected chi connectivity index (χ3v) is 4.75. The second kappa shape index (κ2) is 8.35. The van der Waals surface area contributed by atoms with E-state index in [1.165, 1.54) is 18.3 Å². The van der Waals surface area contributed by atoms with Gasteiger partial charge in [0.25, 0.3) is 0 Å². The first-order valence-corrected chi connectivity index (χ1v) is 9.60. The molecule has 2 aromatic carbocycles. The third-order valence-electron chi connectivity index (χ3n) is 4.47. The molecule has 0 amide bonds. The third kappa shape index (κ3) is 4.75. The van der Waals surface area contributed by atoms with E-state index in [1.807, 2.05) is 0 Å². The molecule has 170 valence electrons. The first-order valence-electron chi connectivity index (χ1n) is 9.19. The topological polar surface area (TPSA) is 55.7 Å². The Morgan fingerprint density at radius 3 is 2.09 bits per heavy atom. The summed E-state index contributed by atoms with van der Waals surface area (Å²) in [6, 6.07) is 12.7. The van der Waals surface area contributed by atoms with Crippen molar-refractivity contribution in [1.82, 2.24) is 19.7 Å². The summed E-state index contributed by atoms with van der Waals surface area (Å²) in [4.78, 5) is 4.12. The van der Waals surface area contributed by atoms with Gasteiger partial charge in [0, 0.05) is 6.20 Å². The molecule has 2 aromatic heterocycles. The smallest absolute Gasteiger partial charge is 0.416 e. The van der Waals surface area contributed by atoms with Gasteiger partial charge in [-0.1, -0.05) is 18.2 Å². The van der Waals surface area contributed by atoms with Gasteiger partial charge in [0.05, 0.1) is 22.4 Å². The van der Waals surface area contributed by atoms with E-state index in [0.717, 1.165) is 4.57 Å². The number of benzene rings is 2. The van der Waals surface area contributed by atoms with E-state index >= 15 is 0 Å². The van der Waals surface area contributed by atoms with Crippen LogP contribution in [0.5, 0.6) is 11.6 Å². The van der Waals surface area contributed by atoms with E-state index in [4.69, 9.17) is 17.0 Å². The zero-order valence-corrected chi connectivity index (χ0v) is 17.1. The number of rotatable bonds is 4. The van der Waals surface area contributed by atoms with Crippen LogP contribution in [0.15, 0.2) is 66.9 Å². The molecule has 0 spiro atoms.